The molecule has 0 spiro atoms. The molecule has 0 aliphatic heterocycles. The smallest absolute Gasteiger partial charge is 0.241 e. The number of carbonyl (C=O) groups excluding carboxylic acids is 1. The van der Waals surface area contributed by atoms with Crippen LogP contribution in [0.4, 0.5) is 5.82 Å². The molecule has 0 atom stereocenters. The van der Waals surface area contributed by atoms with Gasteiger partial charge in [0.2, 0.25) is 5.91 Å². The SMILES string of the molecule is CCN(CC)C(=O)CNc1nc2c(cc1C(N)=S)CCC2. The van der Waals surface area contributed by atoms with E-state index >= 15 is 0 Å². The molecular weight excluding hydrogens is 284 g/mol. The van der Waals surface area contributed by atoms with E-state index in [2.05, 4.69) is 10.3 Å². The third-order valence-electron chi connectivity index (χ3n) is 3.84. The fraction of sp³-hybridized carbons (Fsp3) is 0.533. The molecule has 1 aliphatic rings. The van der Waals surface area contributed by atoms with Gasteiger partial charge in [0, 0.05) is 18.8 Å². The number of nitrogens with one attached hydrogen (secondary N) is 1. The highest BCUT2D eigenvalue weighted by molar-refractivity contribution is 7.80. The number of hydrogen-bond acceptors (Lipinski definition) is 4. The second-order valence-electron chi connectivity index (χ2n) is 5.13. The Balaban J connectivity index is 2.16. The zero-order chi connectivity index (χ0) is 15.4. The monoisotopic (exact) mass is 306 g/mol. The number of hydrogen-bond donors (Lipinski definition) is 2. The molecule has 0 bridgehead atoms. The van der Waals surface area contributed by atoms with Crippen LogP contribution < -0.4 is 11.1 Å². The predicted molar refractivity (Wildman–Crippen MR) is 88.6 cm³/mol. The maximum Gasteiger partial charge on any atom is 0.241 e. The Hall–Kier alpha value is -1.69. The largest absolute Gasteiger partial charge is 0.389 e. The summed E-state index contributed by atoms with van der Waals surface area (Å²) >= 11 is 5.10. The molecule has 1 aromatic rings. The Morgan fingerprint density at radius 2 is 2.14 bits per heavy atom. The Morgan fingerprint density at radius 3 is 2.76 bits per heavy atom. The van der Waals surface area contributed by atoms with Crippen LogP contribution >= 0.6 is 12.2 Å². The molecular formula is C15H22N4OS. The minimum absolute atomic E-state index is 0.0520. The lowest BCUT2D eigenvalue weighted by Crippen LogP contribution is -2.35. The molecule has 0 saturated carbocycles. The summed E-state index contributed by atoms with van der Waals surface area (Å²) in [5.74, 6) is 0.680. The molecule has 5 nitrogen and oxygen atoms in total. The van der Waals surface area contributed by atoms with Crippen molar-refractivity contribution < 1.29 is 4.79 Å². The highest BCUT2D eigenvalue weighted by Crippen LogP contribution is 2.25. The van der Waals surface area contributed by atoms with Crippen LogP contribution in [0.1, 0.15) is 37.1 Å². The zero-order valence-corrected chi connectivity index (χ0v) is 13.4. The van der Waals surface area contributed by atoms with E-state index in [1.807, 2.05) is 19.9 Å². The molecule has 1 aromatic heterocycles. The van der Waals surface area contributed by atoms with Crippen molar-refractivity contribution in [3.8, 4) is 0 Å². The molecule has 0 saturated heterocycles. The average molecular weight is 306 g/mol. The lowest BCUT2D eigenvalue weighted by Gasteiger charge is -2.19. The molecule has 1 amide bonds. The fourth-order valence-corrected chi connectivity index (χ4v) is 2.80. The standard InChI is InChI=1S/C15H22N4OS/c1-3-19(4-2)13(20)9-17-15-11(14(16)21)8-10-6-5-7-12(10)18-15/h8H,3-7,9H2,1-2H3,(H2,16,21)(H,17,18). The van der Waals surface area contributed by atoms with Gasteiger partial charge in [0.1, 0.15) is 10.8 Å². The highest BCUT2D eigenvalue weighted by atomic mass is 32.1. The van der Waals surface area contributed by atoms with Gasteiger partial charge in [0.15, 0.2) is 0 Å². The van der Waals surface area contributed by atoms with Gasteiger partial charge in [-0.05, 0) is 44.7 Å². The lowest BCUT2D eigenvalue weighted by molar-refractivity contribution is -0.128. The fourth-order valence-electron chi connectivity index (χ4n) is 2.64. The van der Waals surface area contributed by atoms with Crippen LogP contribution in [-0.2, 0) is 17.6 Å². The molecule has 0 radical (unpaired) electrons. The Morgan fingerprint density at radius 1 is 1.43 bits per heavy atom. The minimum atomic E-state index is 0.0520. The topological polar surface area (TPSA) is 71.2 Å². The van der Waals surface area contributed by atoms with Gasteiger partial charge in [-0.3, -0.25) is 4.79 Å². The number of rotatable bonds is 6. The third-order valence-corrected chi connectivity index (χ3v) is 4.06. The first-order valence-electron chi connectivity index (χ1n) is 7.41. The number of carbonyl (C=O) groups is 1. The molecule has 0 unspecified atom stereocenters. The molecule has 6 heteroatoms. The molecule has 0 aromatic carbocycles. The summed E-state index contributed by atoms with van der Waals surface area (Å²) in [5, 5.41) is 3.10. The first-order valence-corrected chi connectivity index (χ1v) is 7.81. The molecule has 1 heterocycles. The second-order valence-corrected chi connectivity index (χ2v) is 5.57. The zero-order valence-electron chi connectivity index (χ0n) is 12.6. The van der Waals surface area contributed by atoms with Crippen LogP contribution in [0.5, 0.6) is 0 Å². The number of amides is 1. The van der Waals surface area contributed by atoms with E-state index in [9.17, 15) is 4.79 Å². The summed E-state index contributed by atoms with van der Waals surface area (Å²) in [4.78, 5) is 18.8. The van der Waals surface area contributed by atoms with Gasteiger partial charge in [-0.2, -0.15) is 0 Å². The van der Waals surface area contributed by atoms with Crippen molar-refractivity contribution in [2.24, 2.45) is 5.73 Å². The van der Waals surface area contributed by atoms with E-state index in [1.54, 1.807) is 4.90 Å². The van der Waals surface area contributed by atoms with Crippen LogP contribution in [0.25, 0.3) is 0 Å². The number of aryl methyl sites for hydroxylation is 2. The Bertz CT molecular complexity index is 555. The lowest BCUT2D eigenvalue weighted by atomic mass is 10.1. The van der Waals surface area contributed by atoms with Crippen molar-refractivity contribution in [1.82, 2.24) is 9.88 Å². The van der Waals surface area contributed by atoms with Crippen LogP contribution in [0.15, 0.2) is 6.07 Å². The number of nitrogens with zero attached hydrogens (tertiary/aromatic N) is 2. The quantitative estimate of drug-likeness (QED) is 0.779. The number of aromatic nitrogens is 1. The van der Waals surface area contributed by atoms with E-state index < -0.39 is 0 Å². The van der Waals surface area contributed by atoms with E-state index in [0.29, 0.717) is 23.9 Å². The van der Waals surface area contributed by atoms with Gasteiger partial charge >= 0.3 is 0 Å². The molecule has 3 N–H and O–H groups in total. The second kappa shape index (κ2) is 6.85. The van der Waals surface area contributed by atoms with Gasteiger partial charge in [-0.15, -0.1) is 0 Å². The Kier molecular flexibility index (Phi) is 5.12. The predicted octanol–water partition coefficient (Wildman–Crippen LogP) is 1.48. The number of fused-ring (bicyclic) bond motifs is 1. The summed E-state index contributed by atoms with van der Waals surface area (Å²) in [6, 6.07) is 2.02. The van der Waals surface area contributed by atoms with Crippen molar-refractivity contribution in [3.63, 3.8) is 0 Å². The van der Waals surface area contributed by atoms with E-state index in [-0.39, 0.29) is 12.5 Å². The van der Waals surface area contributed by atoms with Crippen LogP contribution in [0.3, 0.4) is 0 Å². The first-order chi connectivity index (χ1) is 10.1. The van der Waals surface area contributed by atoms with Gasteiger partial charge < -0.3 is 16.0 Å². The highest BCUT2D eigenvalue weighted by Gasteiger charge is 2.18. The van der Waals surface area contributed by atoms with Crippen molar-refractivity contribution in [2.75, 3.05) is 25.0 Å². The van der Waals surface area contributed by atoms with Crippen LogP contribution in [-0.4, -0.2) is 40.4 Å². The first kappa shape index (κ1) is 15.7. The molecule has 114 valence electrons. The number of nitrogens with two attached hydrogens (primary N) is 1. The maximum absolute atomic E-state index is 12.1. The number of anilines is 1. The van der Waals surface area contributed by atoms with Crippen molar-refractivity contribution in [3.05, 3.63) is 22.9 Å². The molecule has 0 fully saturated rings. The van der Waals surface area contributed by atoms with Crippen molar-refractivity contribution >= 4 is 28.9 Å². The average Bonchev–Trinajstić information content (AvgIpc) is 2.92. The maximum atomic E-state index is 12.1. The molecule has 1 aliphatic carbocycles. The third kappa shape index (κ3) is 3.50. The van der Waals surface area contributed by atoms with E-state index in [4.69, 9.17) is 18.0 Å². The number of thiocarbonyl (C=S) groups is 1. The van der Waals surface area contributed by atoms with Gasteiger partial charge in [0.25, 0.3) is 0 Å². The van der Waals surface area contributed by atoms with Crippen LogP contribution in [0.2, 0.25) is 0 Å². The summed E-state index contributed by atoms with van der Waals surface area (Å²) in [6.45, 7) is 5.56. The molecule has 2 rings (SSSR count). The summed E-state index contributed by atoms with van der Waals surface area (Å²) < 4.78 is 0. The van der Waals surface area contributed by atoms with E-state index in [0.717, 1.165) is 30.5 Å². The van der Waals surface area contributed by atoms with Crippen LogP contribution in [0, 0.1) is 0 Å². The minimum Gasteiger partial charge on any atom is -0.389 e. The summed E-state index contributed by atoms with van der Waals surface area (Å²) in [5.41, 5.74) is 8.83. The normalized spacial score (nSPS) is 12.9. The van der Waals surface area contributed by atoms with Gasteiger partial charge in [-0.25, -0.2) is 4.98 Å². The summed E-state index contributed by atoms with van der Waals surface area (Å²) in [6.07, 6.45) is 3.11. The van der Waals surface area contributed by atoms with E-state index in [1.165, 1.54) is 5.56 Å². The molecule has 21 heavy (non-hydrogen) atoms. The number of pyridine rings is 1. The van der Waals surface area contributed by atoms with Gasteiger partial charge in [-0.1, -0.05) is 12.2 Å². The van der Waals surface area contributed by atoms with Crippen molar-refractivity contribution in [2.45, 2.75) is 33.1 Å². The number of likely N-dealkylation sites (N-methyl/N-ethyl adjacent to an activating group) is 1. The summed E-state index contributed by atoms with van der Waals surface area (Å²) in [7, 11) is 0. The van der Waals surface area contributed by atoms with Gasteiger partial charge in [0.05, 0.1) is 12.1 Å². The Labute approximate surface area is 130 Å². The van der Waals surface area contributed by atoms with Crippen molar-refractivity contribution in [1.29, 1.82) is 0 Å².